The van der Waals surface area contributed by atoms with E-state index in [0.29, 0.717) is 22.4 Å². The SMILES string of the molecule is CCOC(=O)c1c(C)[nH]c(C(=O)OCC(=O)c2cc(CC)ccc2CC)c1C. The van der Waals surface area contributed by atoms with Crippen molar-refractivity contribution >= 4 is 17.7 Å². The van der Waals surface area contributed by atoms with Gasteiger partial charge in [-0.25, -0.2) is 9.59 Å². The van der Waals surface area contributed by atoms with E-state index in [4.69, 9.17) is 9.47 Å². The zero-order valence-electron chi connectivity index (χ0n) is 17.1. The van der Waals surface area contributed by atoms with Gasteiger partial charge in [0.1, 0.15) is 5.69 Å². The lowest BCUT2D eigenvalue weighted by atomic mass is 9.98. The van der Waals surface area contributed by atoms with Crippen LogP contribution in [0.1, 0.15) is 74.4 Å². The van der Waals surface area contributed by atoms with Crippen LogP contribution in [0.4, 0.5) is 0 Å². The fourth-order valence-corrected chi connectivity index (χ4v) is 3.16. The van der Waals surface area contributed by atoms with Gasteiger partial charge in [-0.05, 0) is 56.4 Å². The number of H-pyrrole nitrogens is 1. The second-order valence-corrected chi connectivity index (χ2v) is 6.54. The molecule has 0 fully saturated rings. The minimum Gasteiger partial charge on any atom is -0.462 e. The number of esters is 2. The van der Waals surface area contributed by atoms with Gasteiger partial charge >= 0.3 is 11.9 Å². The van der Waals surface area contributed by atoms with Gasteiger partial charge in [-0.2, -0.15) is 0 Å². The van der Waals surface area contributed by atoms with Gasteiger partial charge in [0.05, 0.1) is 12.2 Å². The summed E-state index contributed by atoms with van der Waals surface area (Å²) < 4.78 is 10.3. The van der Waals surface area contributed by atoms with Gasteiger partial charge in [-0.1, -0.05) is 26.0 Å². The van der Waals surface area contributed by atoms with Gasteiger partial charge < -0.3 is 14.5 Å². The number of nitrogens with one attached hydrogen (secondary N) is 1. The van der Waals surface area contributed by atoms with E-state index in [2.05, 4.69) is 4.98 Å². The highest BCUT2D eigenvalue weighted by Crippen LogP contribution is 2.20. The van der Waals surface area contributed by atoms with Crippen LogP contribution in [0.5, 0.6) is 0 Å². The summed E-state index contributed by atoms with van der Waals surface area (Å²) in [6.45, 7) is 8.94. The lowest BCUT2D eigenvalue weighted by Gasteiger charge is -2.10. The topological polar surface area (TPSA) is 85.5 Å². The molecule has 1 heterocycles. The number of Topliss-reactive ketones (excluding diaryl/α,β-unsaturated/α-hetero) is 1. The quantitative estimate of drug-likeness (QED) is 0.549. The molecule has 0 atom stereocenters. The number of carbonyl (C=O) groups excluding carboxylic acids is 3. The average molecular weight is 385 g/mol. The Balaban J connectivity index is 2.16. The highest BCUT2D eigenvalue weighted by Gasteiger charge is 2.24. The zero-order chi connectivity index (χ0) is 20.8. The summed E-state index contributed by atoms with van der Waals surface area (Å²) in [6, 6.07) is 5.81. The highest BCUT2D eigenvalue weighted by molar-refractivity contribution is 6.02. The largest absolute Gasteiger partial charge is 0.462 e. The minimum absolute atomic E-state index is 0.159. The standard InChI is InChI=1S/C22H27NO5/c1-6-15-9-10-16(7-2)17(11-15)18(24)12-28-22(26)20-13(4)19(14(5)23-20)21(25)27-8-3/h9-11,23H,6-8,12H2,1-5H3. The number of ether oxygens (including phenoxy) is 2. The summed E-state index contributed by atoms with van der Waals surface area (Å²) >= 11 is 0. The summed E-state index contributed by atoms with van der Waals surface area (Å²) in [4.78, 5) is 40.0. The molecular formula is C22H27NO5. The van der Waals surface area contributed by atoms with Crippen molar-refractivity contribution in [1.29, 1.82) is 0 Å². The monoisotopic (exact) mass is 385 g/mol. The molecular weight excluding hydrogens is 358 g/mol. The first kappa shape index (κ1) is 21.4. The van der Waals surface area contributed by atoms with Crippen LogP contribution in [0, 0.1) is 13.8 Å². The third-order valence-electron chi connectivity index (χ3n) is 4.72. The molecule has 28 heavy (non-hydrogen) atoms. The molecule has 0 aliphatic carbocycles. The number of aromatic amines is 1. The third-order valence-corrected chi connectivity index (χ3v) is 4.72. The zero-order valence-corrected chi connectivity index (χ0v) is 17.1. The van der Waals surface area contributed by atoms with E-state index in [1.165, 1.54) is 0 Å². The van der Waals surface area contributed by atoms with E-state index in [1.807, 2.05) is 32.0 Å². The first-order chi connectivity index (χ1) is 13.3. The number of rotatable bonds is 8. The van der Waals surface area contributed by atoms with Crippen LogP contribution in [0.3, 0.4) is 0 Å². The van der Waals surface area contributed by atoms with E-state index in [0.717, 1.165) is 24.0 Å². The van der Waals surface area contributed by atoms with Crippen LogP contribution in [0.15, 0.2) is 18.2 Å². The Bertz CT molecular complexity index is 895. The molecule has 1 aromatic heterocycles. The number of hydrogen-bond donors (Lipinski definition) is 1. The molecule has 0 saturated carbocycles. The van der Waals surface area contributed by atoms with E-state index in [-0.39, 0.29) is 24.7 Å². The fourth-order valence-electron chi connectivity index (χ4n) is 3.16. The van der Waals surface area contributed by atoms with E-state index < -0.39 is 11.9 Å². The Morgan fingerprint density at radius 2 is 1.68 bits per heavy atom. The summed E-state index contributed by atoms with van der Waals surface area (Å²) in [5, 5.41) is 0. The lowest BCUT2D eigenvalue weighted by molar-refractivity contribution is 0.0468. The molecule has 6 nitrogen and oxygen atoms in total. The number of benzene rings is 1. The van der Waals surface area contributed by atoms with Gasteiger partial charge in [0.2, 0.25) is 5.78 Å². The Morgan fingerprint density at radius 3 is 2.29 bits per heavy atom. The maximum absolute atomic E-state index is 12.6. The molecule has 0 spiro atoms. The predicted octanol–water partition coefficient (Wildman–Crippen LogP) is 3.97. The van der Waals surface area contributed by atoms with E-state index in [9.17, 15) is 14.4 Å². The average Bonchev–Trinajstić information content (AvgIpc) is 2.99. The van der Waals surface area contributed by atoms with Crippen molar-refractivity contribution in [2.24, 2.45) is 0 Å². The van der Waals surface area contributed by atoms with E-state index in [1.54, 1.807) is 20.8 Å². The Labute approximate surface area is 165 Å². The molecule has 2 rings (SSSR count). The third kappa shape index (κ3) is 4.50. The molecule has 0 aliphatic heterocycles. The number of aryl methyl sites for hydroxylation is 3. The van der Waals surface area contributed by atoms with Crippen LogP contribution >= 0.6 is 0 Å². The van der Waals surface area contributed by atoms with Crippen LogP contribution in [0.2, 0.25) is 0 Å². The summed E-state index contributed by atoms with van der Waals surface area (Å²) in [6.07, 6.45) is 1.54. The Kier molecular flexibility index (Phi) is 7.15. The molecule has 1 N–H and O–H groups in total. The lowest BCUT2D eigenvalue weighted by Crippen LogP contribution is -2.17. The molecule has 0 radical (unpaired) electrons. The van der Waals surface area contributed by atoms with Crippen molar-refractivity contribution < 1.29 is 23.9 Å². The van der Waals surface area contributed by atoms with Gasteiger partial charge in [0.25, 0.3) is 0 Å². The molecule has 0 amide bonds. The highest BCUT2D eigenvalue weighted by atomic mass is 16.5. The Morgan fingerprint density at radius 1 is 0.964 bits per heavy atom. The van der Waals surface area contributed by atoms with Gasteiger partial charge in [-0.3, -0.25) is 4.79 Å². The molecule has 6 heteroatoms. The van der Waals surface area contributed by atoms with Crippen LogP contribution < -0.4 is 0 Å². The fraction of sp³-hybridized carbons (Fsp3) is 0.409. The van der Waals surface area contributed by atoms with Crippen molar-refractivity contribution in [2.75, 3.05) is 13.2 Å². The van der Waals surface area contributed by atoms with Crippen molar-refractivity contribution in [3.8, 4) is 0 Å². The molecule has 0 unspecified atom stereocenters. The van der Waals surface area contributed by atoms with Crippen molar-refractivity contribution in [3.05, 3.63) is 57.4 Å². The smallest absolute Gasteiger partial charge is 0.355 e. The number of carbonyl (C=O) groups is 3. The molecule has 150 valence electrons. The van der Waals surface area contributed by atoms with Crippen molar-refractivity contribution in [3.63, 3.8) is 0 Å². The molecule has 0 bridgehead atoms. The maximum atomic E-state index is 12.6. The van der Waals surface area contributed by atoms with Gasteiger partial charge in [0.15, 0.2) is 6.61 Å². The number of aromatic nitrogens is 1. The van der Waals surface area contributed by atoms with Crippen LogP contribution in [-0.2, 0) is 22.3 Å². The summed E-state index contributed by atoms with van der Waals surface area (Å²) in [5.41, 5.74) is 4.03. The van der Waals surface area contributed by atoms with Crippen LogP contribution in [0.25, 0.3) is 0 Å². The predicted molar refractivity (Wildman–Crippen MR) is 106 cm³/mol. The van der Waals surface area contributed by atoms with Gasteiger partial charge in [0, 0.05) is 11.3 Å². The van der Waals surface area contributed by atoms with Crippen molar-refractivity contribution in [2.45, 2.75) is 47.5 Å². The Hall–Kier alpha value is -2.89. The van der Waals surface area contributed by atoms with E-state index >= 15 is 0 Å². The molecule has 0 aliphatic rings. The summed E-state index contributed by atoms with van der Waals surface area (Å²) in [5.74, 6) is -1.41. The first-order valence-corrected chi connectivity index (χ1v) is 9.52. The number of hydrogen-bond acceptors (Lipinski definition) is 5. The maximum Gasteiger partial charge on any atom is 0.355 e. The van der Waals surface area contributed by atoms with Crippen LogP contribution in [-0.4, -0.2) is 35.9 Å². The van der Waals surface area contributed by atoms with Crippen molar-refractivity contribution in [1.82, 2.24) is 4.98 Å². The second-order valence-electron chi connectivity index (χ2n) is 6.54. The minimum atomic E-state index is -0.672. The number of ketones is 1. The molecule has 2 aromatic rings. The normalized spacial score (nSPS) is 10.6. The molecule has 1 aromatic carbocycles. The molecule has 0 saturated heterocycles. The van der Waals surface area contributed by atoms with Gasteiger partial charge in [-0.15, -0.1) is 0 Å². The summed E-state index contributed by atoms with van der Waals surface area (Å²) in [7, 11) is 0. The second kappa shape index (κ2) is 9.35. The first-order valence-electron chi connectivity index (χ1n) is 9.52.